The van der Waals surface area contributed by atoms with E-state index in [9.17, 15) is 5.21 Å². The van der Waals surface area contributed by atoms with Crippen molar-refractivity contribution in [3.63, 3.8) is 0 Å². The molecule has 0 unspecified atom stereocenters. The zero-order valence-electron chi connectivity index (χ0n) is 8.09. The molecule has 0 saturated carbocycles. The molecule has 0 atom stereocenters. The summed E-state index contributed by atoms with van der Waals surface area (Å²) in [5.74, 6) is 0.849. The summed E-state index contributed by atoms with van der Waals surface area (Å²) in [4.78, 5) is 0. The minimum absolute atomic E-state index is 0.775. The number of piperidine rings is 1. The van der Waals surface area contributed by atoms with Gasteiger partial charge >= 0.3 is 0 Å². The highest BCUT2D eigenvalue weighted by Crippen LogP contribution is 2.22. The van der Waals surface area contributed by atoms with Gasteiger partial charge in [-0.05, 0) is 31.8 Å². The molecule has 1 heterocycles. The summed E-state index contributed by atoms with van der Waals surface area (Å²) >= 11 is 0. The van der Waals surface area contributed by atoms with Crippen LogP contribution in [0.1, 0.15) is 45.4 Å². The van der Waals surface area contributed by atoms with E-state index in [1.807, 2.05) is 0 Å². The fourth-order valence-corrected chi connectivity index (χ4v) is 1.88. The second kappa shape index (κ2) is 5.55. The molecule has 1 rings (SSSR count). The molecule has 1 saturated heterocycles. The van der Waals surface area contributed by atoms with E-state index < -0.39 is 0 Å². The van der Waals surface area contributed by atoms with Crippen molar-refractivity contribution in [2.24, 2.45) is 5.92 Å². The Kier molecular flexibility index (Phi) is 4.62. The predicted octanol–water partition coefficient (Wildman–Crippen LogP) is 2.78. The van der Waals surface area contributed by atoms with Crippen molar-refractivity contribution in [1.82, 2.24) is 5.06 Å². The molecule has 0 aliphatic carbocycles. The van der Waals surface area contributed by atoms with Crippen molar-refractivity contribution in [3.8, 4) is 0 Å². The Morgan fingerprint density at radius 3 is 2.50 bits per heavy atom. The highest BCUT2D eigenvalue weighted by atomic mass is 16.5. The van der Waals surface area contributed by atoms with Crippen molar-refractivity contribution in [2.45, 2.75) is 45.4 Å². The molecule has 0 aromatic heterocycles. The van der Waals surface area contributed by atoms with Gasteiger partial charge in [0, 0.05) is 0 Å². The molecule has 0 amide bonds. The van der Waals surface area contributed by atoms with Crippen molar-refractivity contribution in [3.05, 3.63) is 5.21 Å². The Labute approximate surface area is 75.5 Å². The fraction of sp³-hybridized carbons (Fsp3) is 1.00. The molecule has 1 aliphatic rings. The van der Waals surface area contributed by atoms with E-state index in [1.54, 1.807) is 0 Å². The first kappa shape index (κ1) is 10.0. The quantitative estimate of drug-likeness (QED) is 0.606. The van der Waals surface area contributed by atoms with Gasteiger partial charge in [-0.2, -0.15) is 0 Å². The SMILES string of the molecule is CCCCCC1CCN([O-])CC1. The minimum Gasteiger partial charge on any atom is -0.785 e. The predicted molar refractivity (Wildman–Crippen MR) is 51.8 cm³/mol. The molecule has 0 radical (unpaired) electrons. The highest BCUT2D eigenvalue weighted by molar-refractivity contribution is 4.71. The third-order valence-corrected chi connectivity index (χ3v) is 2.79. The zero-order valence-corrected chi connectivity index (χ0v) is 8.09. The molecular weight excluding hydrogens is 150 g/mol. The van der Waals surface area contributed by atoms with Crippen LogP contribution in [0.15, 0.2) is 0 Å². The van der Waals surface area contributed by atoms with Gasteiger partial charge in [0.15, 0.2) is 0 Å². The van der Waals surface area contributed by atoms with Gasteiger partial charge in [-0.15, -0.1) is 0 Å². The average molecular weight is 170 g/mol. The first-order valence-corrected chi connectivity index (χ1v) is 5.25. The van der Waals surface area contributed by atoms with Gasteiger partial charge in [0.2, 0.25) is 0 Å². The maximum Gasteiger partial charge on any atom is -0.0142 e. The van der Waals surface area contributed by atoms with Crippen molar-refractivity contribution in [2.75, 3.05) is 13.1 Å². The summed E-state index contributed by atoms with van der Waals surface area (Å²) in [6.07, 6.45) is 7.64. The van der Waals surface area contributed by atoms with E-state index in [2.05, 4.69) is 6.92 Å². The van der Waals surface area contributed by atoms with Crippen LogP contribution >= 0.6 is 0 Å². The Morgan fingerprint density at radius 2 is 1.92 bits per heavy atom. The highest BCUT2D eigenvalue weighted by Gasteiger charge is 2.13. The average Bonchev–Trinajstić information content (AvgIpc) is 2.09. The summed E-state index contributed by atoms with van der Waals surface area (Å²) in [6, 6.07) is 0. The van der Waals surface area contributed by atoms with Gasteiger partial charge in [0.25, 0.3) is 0 Å². The van der Waals surface area contributed by atoms with E-state index >= 15 is 0 Å². The maximum atomic E-state index is 10.9. The lowest BCUT2D eigenvalue weighted by molar-refractivity contribution is 0.232. The largest absolute Gasteiger partial charge is 0.785 e. The first-order chi connectivity index (χ1) is 5.83. The van der Waals surface area contributed by atoms with Crippen LogP contribution in [0.2, 0.25) is 0 Å². The molecule has 1 aliphatic heterocycles. The first-order valence-electron chi connectivity index (χ1n) is 5.25. The number of hydrogen-bond acceptors (Lipinski definition) is 2. The van der Waals surface area contributed by atoms with E-state index in [-0.39, 0.29) is 0 Å². The van der Waals surface area contributed by atoms with E-state index in [0.717, 1.165) is 31.8 Å². The molecule has 2 heteroatoms. The molecule has 12 heavy (non-hydrogen) atoms. The summed E-state index contributed by atoms with van der Waals surface area (Å²) in [5.41, 5.74) is 0. The Balaban J connectivity index is 2.01. The number of unbranched alkanes of at least 4 members (excludes halogenated alkanes) is 2. The summed E-state index contributed by atoms with van der Waals surface area (Å²) < 4.78 is 0. The third kappa shape index (κ3) is 3.55. The molecule has 2 nitrogen and oxygen atoms in total. The topological polar surface area (TPSA) is 26.3 Å². The molecular formula is C10H20NO-. The minimum atomic E-state index is 0.775. The standard InChI is InChI=1S/C10H20NO/c1-2-3-4-5-10-6-8-11(12)9-7-10/h10H,2-9H2,1H3/q-1. The lowest BCUT2D eigenvalue weighted by Gasteiger charge is -2.36. The fourth-order valence-electron chi connectivity index (χ4n) is 1.88. The van der Waals surface area contributed by atoms with Crippen LogP contribution in [0.5, 0.6) is 0 Å². The van der Waals surface area contributed by atoms with Gasteiger partial charge in [-0.25, -0.2) is 0 Å². The molecule has 0 N–H and O–H groups in total. The second-order valence-corrected chi connectivity index (χ2v) is 3.87. The van der Waals surface area contributed by atoms with Crippen LogP contribution < -0.4 is 0 Å². The van der Waals surface area contributed by atoms with Gasteiger partial charge in [0.1, 0.15) is 0 Å². The Hall–Kier alpha value is -0.0800. The monoisotopic (exact) mass is 170 g/mol. The van der Waals surface area contributed by atoms with E-state index in [4.69, 9.17) is 0 Å². The smallest absolute Gasteiger partial charge is 0.0142 e. The molecule has 0 aromatic rings. The molecule has 0 aromatic carbocycles. The number of nitrogens with zero attached hydrogens (tertiary/aromatic N) is 1. The van der Waals surface area contributed by atoms with Gasteiger partial charge in [0.05, 0.1) is 0 Å². The number of rotatable bonds is 4. The van der Waals surface area contributed by atoms with Crippen LogP contribution in [0.3, 0.4) is 0 Å². The molecule has 72 valence electrons. The molecule has 0 spiro atoms. The third-order valence-electron chi connectivity index (χ3n) is 2.79. The lowest BCUT2D eigenvalue weighted by atomic mass is 9.92. The number of hydrogen-bond donors (Lipinski definition) is 0. The zero-order chi connectivity index (χ0) is 8.81. The van der Waals surface area contributed by atoms with E-state index in [0.29, 0.717) is 0 Å². The van der Waals surface area contributed by atoms with Crippen LogP contribution in [-0.4, -0.2) is 18.2 Å². The Bertz CT molecular complexity index is 108. The van der Waals surface area contributed by atoms with Crippen LogP contribution in [0.4, 0.5) is 0 Å². The number of hydroxylamine groups is 2. The molecule has 1 fully saturated rings. The van der Waals surface area contributed by atoms with Gasteiger partial charge in [-0.3, -0.25) is 0 Å². The summed E-state index contributed by atoms with van der Waals surface area (Å²) in [7, 11) is 0. The molecule has 0 bridgehead atoms. The van der Waals surface area contributed by atoms with Crippen LogP contribution in [0.25, 0.3) is 0 Å². The van der Waals surface area contributed by atoms with Crippen LogP contribution in [0, 0.1) is 11.1 Å². The van der Waals surface area contributed by atoms with Gasteiger partial charge in [-0.1, -0.05) is 32.6 Å². The van der Waals surface area contributed by atoms with Crippen molar-refractivity contribution in [1.29, 1.82) is 0 Å². The summed E-state index contributed by atoms with van der Waals surface area (Å²) in [5, 5.41) is 12.1. The Morgan fingerprint density at radius 1 is 1.25 bits per heavy atom. The van der Waals surface area contributed by atoms with Crippen LogP contribution in [-0.2, 0) is 0 Å². The normalized spacial score (nSPS) is 21.5. The van der Waals surface area contributed by atoms with Crippen molar-refractivity contribution >= 4 is 0 Å². The lowest BCUT2D eigenvalue weighted by Crippen LogP contribution is -2.28. The maximum absolute atomic E-state index is 10.9. The van der Waals surface area contributed by atoms with Crippen molar-refractivity contribution < 1.29 is 0 Å². The second-order valence-electron chi connectivity index (χ2n) is 3.87. The summed E-state index contributed by atoms with van der Waals surface area (Å²) in [6.45, 7) is 3.79. The van der Waals surface area contributed by atoms with E-state index in [1.165, 1.54) is 30.7 Å². The van der Waals surface area contributed by atoms with Gasteiger partial charge < -0.3 is 10.3 Å².